The predicted octanol–water partition coefficient (Wildman–Crippen LogP) is -0.721. The van der Waals surface area contributed by atoms with Gasteiger partial charge in [0, 0.05) is 32.4 Å². The van der Waals surface area contributed by atoms with Gasteiger partial charge in [0.05, 0.1) is 11.0 Å². The van der Waals surface area contributed by atoms with E-state index in [1.165, 1.54) is 13.2 Å². The Bertz CT molecular complexity index is 1160. The van der Waals surface area contributed by atoms with Crippen LogP contribution in [0.3, 0.4) is 0 Å². The fourth-order valence-electron chi connectivity index (χ4n) is 5.80. The number of esters is 1. The third-order valence-corrected chi connectivity index (χ3v) is 7.38. The number of carbonyl (C=O) groups excluding carboxylic acids is 1. The van der Waals surface area contributed by atoms with E-state index in [4.69, 9.17) is 9.47 Å². The molecule has 3 aromatic rings. The second-order valence-corrected chi connectivity index (χ2v) is 10.4. The molecule has 0 aliphatic heterocycles. The monoisotopic (exact) mass is 565 g/mol. The zero-order chi connectivity index (χ0) is 25.7. The Balaban J connectivity index is 0.00000253. The first-order valence-electron chi connectivity index (χ1n) is 12.9. The number of aromatic nitrogens is 2. The van der Waals surface area contributed by atoms with Crippen molar-refractivity contribution in [3.05, 3.63) is 65.2 Å². The molecule has 9 heteroatoms. The summed E-state index contributed by atoms with van der Waals surface area (Å²) in [6, 6.07) is 13.1. The zero-order valence-corrected chi connectivity index (χ0v) is 24.1. The van der Waals surface area contributed by atoms with Crippen LogP contribution in [0.5, 0.6) is 0 Å². The molecule has 0 fully saturated rings. The highest BCUT2D eigenvalue weighted by atomic mass is 35.5. The molecular formula is C29H38Cl2FN3O3-2. The molecule has 2 atom stereocenters. The van der Waals surface area contributed by atoms with Crippen molar-refractivity contribution in [1.82, 2.24) is 14.9 Å². The molecule has 1 aromatic heterocycles. The van der Waals surface area contributed by atoms with Gasteiger partial charge in [0.15, 0.2) is 0 Å². The predicted molar refractivity (Wildman–Crippen MR) is 140 cm³/mol. The molecule has 1 aliphatic carbocycles. The van der Waals surface area contributed by atoms with Crippen LogP contribution in [-0.4, -0.2) is 60.3 Å². The van der Waals surface area contributed by atoms with Crippen molar-refractivity contribution in [2.75, 3.05) is 33.9 Å². The van der Waals surface area contributed by atoms with E-state index >= 15 is 0 Å². The number of halogens is 3. The molecule has 0 saturated carbocycles. The van der Waals surface area contributed by atoms with E-state index in [-0.39, 0.29) is 55.0 Å². The number of methoxy groups -OCH3 is 1. The SMILES string of the molecule is COCC(=O)O[C@]1(CCN(C)CCCc2nc3ccccc3[nH]2)CCc2cc(F)ccc2[C@@H]1C(C)C.[Cl-].[Cl-]. The maximum Gasteiger partial charge on any atom is 0.332 e. The summed E-state index contributed by atoms with van der Waals surface area (Å²) >= 11 is 0. The lowest BCUT2D eigenvalue weighted by Gasteiger charge is -2.47. The van der Waals surface area contributed by atoms with Crippen LogP contribution in [0.1, 0.15) is 56.0 Å². The van der Waals surface area contributed by atoms with Gasteiger partial charge in [-0.1, -0.05) is 32.0 Å². The number of hydrogen-bond donors (Lipinski definition) is 1. The minimum Gasteiger partial charge on any atom is -1.00 e. The normalized spacial score (nSPS) is 18.7. The molecule has 1 N–H and O–H groups in total. The first-order valence-corrected chi connectivity index (χ1v) is 12.9. The number of nitrogens with zero attached hydrogens (tertiary/aromatic N) is 2. The molecule has 1 heterocycles. The van der Waals surface area contributed by atoms with Gasteiger partial charge >= 0.3 is 5.97 Å². The van der Waals surface area contributed by atoms with Gasteiger partial charge in [-0.05, 0) is 74.2 Å². The molecule has 1 aliphatic rings. The molecule has 0 radical (unpaired) electrons. The number of H-pyrrole nitrogens is 1. The Labute approximate surface area is 237 Å². The minimum atomic E-state index is -0.651. The fourth-order valence-corrected chi connectivity index (χ4v) is 5.80. The van der Waals surface area contributed by atoms with Crippen molar-refractivity contribution in [2.24, 2.45) is 5.92 Å². The van der Waals surface area contributed by atoms with Crippen molar-refractivity contribution < 1.29 is 43.5 Å². The van der Waals surface area contributed by atoms with Crippen LogP contribution < -0.4 is 24.8 Å². The number of rotatable bonds is 11. The van der Waals surface area contributed by atoms with E-state index in [2.05, 4.69) is 35.8 Å². The highest BCUT2D eigenvalue weighted by molar-refractivity contribution is 5.74. The highest BCUT2D eigenvalue weighted by Gasteiger charge is 2.47. The molecule has 210 valence electrons. The lowest BCUT2D eigenvalue weighted by molar-refractivity contribution is -0.172. The van der Waals surface area contributed by atoms with Gasteiger partial charge in [-0.15, -0.1) is 0 Å². The van der Waals surface area contributed by atoms with Gasteiger partial charge in [-0.3, -0.25) is 0 Å². The molecule has 6 nitrogen and oxygen atoms in total. The highest BCUT2D eigenvalue weighted by Crippen LogP contribution is 2.48. The van der Waals surface area contributed by atoms with E-state index in [0.717, 1.165) is 53.9 Å². The molecule has 0 unspecified atom stereocenters. The molecule has 0 spiro atoms. The van der Waals surface area contributed by atoms with Crippen LogP contribution in [0.25, 0.3) is 11.0 Å². The van der Waals surface area contributed by atoms with E-state index in [9.17, 15) is 9.18 Å². The van der Waals surface area contributed by atoms with Gasteiger partial charge in [0.25, 0.3) is 0 Å². The Morgan fingerprint density at radius 1 is 1.21 bits per heavy atom. The zero-order valence-electron chi connectivity index (χ0n) is 22.6. The number of fused-ring (bicyclic) bond motifs is 2. The minimum absolute atomic E-state index is 0. The summed E-state index contributed by atoms with van der Waals surface area (Å²) in [4.78, 5) is 23.0. The van der Waals surface area contributed by atoms with Crippen molar-refractivity contribution in [1.29, 1.82) is 0 Å². The maximum absolute atomic E-state index is 14.0. The van der Waals surface area contributed by atoms with Crippen LogP contribution in [-0.2, 0) is 27.1 Å². The Morgan fingerprint density at radius 3 is 2.68 bits per heavy atom. The van der Waals surface area contributed by atoms with Crippen LogP contribution >= 0.6 is 0 Å². The van der Waals surface area contributed by atoms with Crippen molar-refractivity contribution in [3.63, 3.8) is 0 Å². The number of ether oxygens (including phenoxy) is 2. The van der Waals surface area contributed by atoms with E-state index in [1.54, 1.807) is 6.07 Å². The number of aromatic amines is 1. The number of hydrogen-bond acceptors (Lipinski definition) is 5. The summed E-state index contributed by atoms with van der Waals surface area (Å²) in [5, 5.41) is 0. The maximum atomic E-state index is 14.0. The van der Waals surface area contributed by atoms with E-state index < -0.39 is 5.60 Å². The first kappa shape index (κ1) is 32.0. The average Bonchev–Trinajstić information content (AvgIpc) is 3.25. The Hall–Kier alpha value is -2.19. The van der Waals surface area contributed by atoms with E-state index in [1.807, 2.05) is 30.3 Å². The molecule has 0 saturated heterocycles. The van der Waals surface area contributed by atoms with Gasteiger partial charge in [0.2, 0.25) is 0 Å². The number of carbonyl (C=O) groups is 1. The summed E-state index contributed by atoms with van der Waals surface area (Å²) in [5.41, 5.74) is 3.53. The number of para-hydroxylation sites is 2. The fraction of sp³-hybridized carbons (Fsp3) is 0.517. The Morgan fingerprint density at radius 2 is 1.97 bits per heavy atom. The van der Waals surface area contributed by atoms with Gasteiger partial charge in [-0.25, -0.2) is 14.2 Å². The summed E-state index contributed by atoms with van der Waals surface area (Å²) < 4.78 is 25.3. The molecule has 0 amide bonds. The van der Waals surface area contributed by atoms with Crippen molar-refractivity contribution in [3.8, 4) is 0 Å². The molecule has 2 aromatic carbocycles. The topological polar surface area (TPSA) is 67.5 Å². The summed E-state index contributed by atoms with van der Waals surface area (Å²) in [6.45, 7) is 5.93. The molecule has 38 heavy (non-hydrogen) atoms. The number of aryl methyl sites for hydroxylation is 2. The number of benzene rings is 2. The van der Waals surface area contributed by atoms with Crippen LogP contribution in [0.4, 0.5) is 4.39 Å². The third kappa shape index (κ3) is 7.47. The summed E-state index contributed by atoms with van der Waals surface area (Å²) in [5.74, 6) is 0.658. The smallest absolute Gasteiger partial charge is 0.332 e. The average molecular weight is 567 g/mol. The van der Waals surface area contributed by atoms with Gasteiger partial charge < -0.3 is 44.2 Å². The van der Waals surface area contributed by atoms with Crippen LogP contribution in [0, 0.1) is 11.7 Å². The van der Waals surface area contributed by atoms with Crippen LogP contribution in [0.15, 0.2) is 42.5 Å². The largest absolute Gasteiger partial charge is 1.00 e. The standard InChI is InChI=1S/C29H38FN3O3.2ClH/c1-20(2)28-23-12-11-22(30)18-21(23)13-14-29(28,36-27(34)19-35-4)15-17-33(3)16-7-10-26-31-24-8-5-6-9-25(24)32-26;;/h5-6,8-9,11-12,18,20,28H,7,10,13-17,19H2,1-4H3,(H,31,32);2*1H/p-2/t28-,29-;;/m0../s1. The van der Waals surface area contributed by atoms with Gasteiger partial charge in [0.1, 0.15) is 23.8 Å². The lowest BCUT2D eigenvalue weighted by Crippen LogP contribution is -3.00. The van der Waals surface area contributed by atoms with Crippen molar-refractivity contribution in [2.45, 2.75) is 57.5 Å². The van der Waals surface area contributed by atoms with E-state index in [0.29, 0.717) is 19.3 Å². The quantitative estimate of drug-likeness (QED) is 0.311. The molecule has 0 bridgehead atoms. The molecule has 4 rings (SSSR count). The second-order valence-electron chi connectivity index (χ2n) is 10.4. The van der Waals surface area contributed by atoms with Crippen molar-refractivity contribution >= 4 is 17.0 Å². The Kier molecular flexibility index (Phi) is 12.0. The summed E-state index contributed by atoms with van der Waals surface area (Å²) in [7, 11) is 3.61. The third-order valence-electron chi connectivity index (χ3n) is 7.38. The second kappa shape index (κ2) is 14.3. The number of nitrogens with one attached hydrogen (secondary N) is 1. The summed E-state index contributed by atoms with van der Waals surface area (Å²) in [6.07, 6.45) is 3.92. The van der Waals surface area contributed by atoms with Crippen LogP contribution in [0.2, 0.25) is 0 Å². The molecular weight excluding hydrogens is 528 g/mol. The first-order chi connectivity index (χ1) is 17.3. The number of imidazole rings is 1. The lowest BCUT2D eigenvalue weighted by atomic mass is 9.65. The van der Waals surface area contributed by atoms with Gasteiger partial charge in [-0.2, -0.15) is 0 Å².